The predicted octanol–water partition coefficient (Wildman–Crippen LogP) is 3.87. The lowest BCUT2D eigenvalue weighted by Crippen LogP contribution is -2.47. The molecule has 29 heavy (non-hydrogen) atoms. The Hall–Kier alpha value is -1.51. The molecule has 1 aromatic carbocycles. The van der Waals surface area contributed by atoms with E-state index in [4.69, 9.17) is 14.2 Å². The first-order chi connectivity index (χ1) is 13.5. The number of halogens is 3. The molecule has 3 atom stereocenters. The minimum atomic E-state index is -4.71. The Morgan fingerprint density at radius 3 is 2.52 bits per heavy atom. The molecule has 1 fully saturated rings. The van der Waals surface area contributed by atoms with Gasteiger partial charge >= 0.3 is 6.18 Å². The zero-order chi connectivity index (χ0) is 21.4. The molecule has 1 aromatic rings. The van der Waals surface area contributed by atoms with Crippen molar-refractivity contribution in [3.05, 3.63) is 23.3 Å². The van der Waals surface area contributed by atoms with Crippen LogP contribution < -0.4 is 9.47 Å². The van der Waals surface area contributed by atoms with Crippen molar-refractivity contribution in [1.29, 1.82) is 0 Å². The largest absolute Gasteiger partial charge is 0.493 e. The van der Waals surface area contributed by atoms with Gasteiger partial charge in [-0.25, -0.2) is 0 Å². The summed E-state index contributed by atoms with van der Waals surface area (Å²) in [6.45, 7) is 7.05. The van der Waals surface area contributed by atoms with Gasteiger partial charge in [0.15, 0.2) is 17.6 Å². The lowest BCUT2D eigenvalue weighted by molar-refractivity contribution is -0.210. The topological polar surface area (TPSA) is 51.2 Å². The van der Waals surface area contributed by atoms with Crippen LogP contribution in [0.2, 0.25) is 0 Å². The van der Waals surface area contributed by atoms with Crippen LogP contribution in [0.15, 0.2) is 12.1 Å². The molecule has 3 rings (SSSR count). The molecule has 0 saturated carbocycles. The van der Waals surface area contributed by atoms with Crippen molar-refractivity contribution in [3.63, 3.8) is 0 Å². The third-order valence-electron chi connectivity index (χ3n) is 5.39. The van der Waals surface area contributed by atoms with Crippen LogP contribution in [0.3, 0.4) is 0 Å². The van der Waals surface area contributed by atoms with E-state index in [-0.39, 0.29) is 23.5 Å². The first-order valence-electron chi connectivity index (χ1n) is 9.98. The predicted molar refractivity (Wildman–Crippen MR) is 102 cm³/mol. The standard InChI is InChI=1S/C21H30F3NO4/c1-20(2,3)29-14-5-6-16-15-10-17(27-4)18(28-12-19(26)21(22,23)24)9-13(15)7-8-25(16)11-14/h9-10,14,16,19,26H,5-8,11-12H2,1-4H3. The number of alkyl halides is 3. The van der Waals surface area contributed by atoms with Crippen molar-refractivity contribution < 1.29 is 32.5 Å². The van der Waals surface area contributed by atoms with Gasteiger partial charge in [0.05, 0.1) is 18.8 Å². The number of benzene rings is 1. The summed E-state index contributed by atoms with van der Waals surface area (Å²) >= 11 is 0. The van der Waals surface area contributed by atoms with Crippen LogP contribution in [0.5, 0.6) is 11.5 Å². The quantitative estimate of drug-likeness (QED) is 0.788. The van der Waals surface area contributed by atoms with E-state index in [1.54, 1.807) is 6.07 Å². The highest BCUT2D eigenvalue weighted by Crippen LogP contribution is 2.42. The van der Waals surface area contributed by atoms with E-state index in [0.29, 0.717) is 5.75 Å². The Bertz CT molecular complexity index is 717. The zero-order valence-electron chi connectivity index (χ0n) is 17.4. The molecule has 2 aliphatic rings. The van der Waals surface area contributed by atoms with E-state index in [0.717, 1.165) is 43.5 Å². The second kappa shape index (κ2) is 8.32. The number of aliphatic hydroxyl groups is 1. The van der Waals surface area contributed by atoms with E-state index in [1.165, 1.54) is 7.11 Å². The molecule has 0 bridgehead atoms. The summed E-state index contributed by atoms with van der Waals surface area (Å²) in [7, 11) is 1.46. The van der Waals surface area contributed by atoms with Crippen molar-refractivity contribution in [3.8, 4) is 11.5 Å². The van der Waals surface area contributed by atoms with Gasteiger partial charge in [0.2, 0.25) is 0 Å². The summed E-state index contributed by atoms with van der Waals surface area (Å²) in [6.07, 6.45) is -4.37. The molecular weight excluding hydrogens is 387 g/mol. The van der Waals surface area contributed by atoms with E-state index in [2.05, 4.69) is 25.7 Å². The molecule has 1 saturated heterocycles. The maximum Gasteiger partial charge on any atom is 0.417 e. The number of hydrogen-bond acceptors (Lipinski definition) is 5. The number of hydrogen-bond donors (Lipinski definition) is 1. The summed E-state index contributed by atoms with van der Waals surface area (Å²) in [5.41, 5.74) is 2.01. The maximum atomic E-state index is 12.6. The average Bonchev–Trinajstić information content (AvgIpc) is 2.62. The van der Waals surface area contributed by atoms with Crippen LogP contribution in [-0.4, -0.2) is 60.8 Å². The third kappa shape index (κ3) is 5.35. The highest BCUT2D eigenvalue weighted by atomic mass is 19.4. The fourth-order valence-electron chi connectivity index (χ4n) is 4.15. The fraction of sp³-hybridized carbons (Fsp3) is 0.714. The number of nitrogens with zero attached hydrogens (tertiary/aromatic N) is 1. The Morgan fingerprint density at radius 1 is 1.17 bits per heavy atom. The number of ether oxygens (including phenoxy) is 3. The van der Waals surface area contributed by atoms with Gasteiger partial charge in [0.1, 0.15) is 6.61 Å². The van der Waals surface area contributed by atoms with Gasteiger partial charge in [-0.1, -0.05) is 0 Å². The minimum absolute atomic E-state index is 0.179. The lowest BCUT2D eigenvalue weighted by atomic mass is 9.85. The Kier molecular flexibility index (Phi) is 6.36. The normalized spacial score (nSPS) is 23.9. The summed E-state index contributed by atoms with van der Waals surface area (Å²) < 4.78 is 54.4. The van der Waals surface area contributed by atoms with Gasteiger partial charge in [-0.15, -0.1) is 0 Å². The maximum absolute atomic E-state index is 12.6. The molecule has 1 N–H and O–H groups in total. The van der Waals surface area contributed by atoms with Crippen LogP contribution in [0.25, 0.3) is 0 Å². The van der Waals surface area contributed by atoms with Crippen LogP contribution in [-0.2, 0) is 11.2 Å². The molecule has 2 heterocycles. The Morgan fingerprint density at radius 2 is 1.90 bits per heavy atom. The molecule has 0 radical (unpaired) electrons. The van der Waals surface area contributed by atoms with E-state index < -0.39 is 18.9 Å². The van der Waals surface area contributed by atoms with Gasteiger partial charge in [-0.3, -0.25) is 4.90 Å². The van der Waals surface area contributed by atoms with Crippen molar-refractivity contribution in [2.75, 3.05) is 26.8 Å². The van der Waals surface area contributed by atoms with Crippen LogP contribution >= 0.6 is 0 Å². The number of piperidine rings is 1. The highest BCUT2D eigenvalue weighted by Gasteiger charge is 2.39. The second-order valence-corrected chi connectivity index (χ2v) is 8.76. The van der Waals surface area contributed by atoms with Crippen LogP contribution in [0.1, 0.15) is 50.8 Å². The summed E-state index contributed by atoms with van der Waals surface area (Å²) in [4.78, 5) is 2.41. The highest BCUT2D eigenvalue weighted by molar-refractivity contribution is 5.49. The van der Waals surface area contributed by atoms with Gasteiger partial charge in [-0.2, -0.15) is 13.2 Å². The van der Waals surface area contributed by atoms with E-state index in [1.807, 2.05) is 6.07 Å². The van der Waals surface area contributed by atoms with Crippen LogP contribution in [0.4, 0.5) is 13.2 Å². The lowest BCUT2D eigenvalue weighted by Gasteiger charge is -2.44. The smallest absolute Gasteiger partial charge is 0.417 e. The summed E-state index contributed by atoms with van der Waals surface area (Å²) in [5, 5.41) is 9.20. The summed E-state index contributed by atoms with van der Waals surface area (Å²) in [6, 6.07) is 3.86. The van der Waals surface area contributed by atoms with Gasteiger partial charge in [0, 0.05) is 19.1 Å². The molecule has 0 aliphatic carbocycles. The van der Waals surface area contributed by atoms with Gasteiger partial charge in [0.25, 0.3) is 0 Å². The average molecular weight is 417 g/mol. The molecule has 164 valence electrons. The monoisotopic (exact) mass is 417 g/mol. The van der Waals surface area contributed by atoms with Gasteiger partial charge < -0.3 is 19.3 Å². The molecule has 2 aliphatic heterocycles. The molecular formula is C21H30F3NO4. The Balaban J connectivity index is 1.74. The first kappa shape index (κ1) is 22.2. The molecule has 0 amide bonds. The van der Waals surface area contributed by atoms with E-state index >= 15 is 0 Å². The minimum Gasteiger partial charge on any atom is -0.493 e. The number of rotatable bonds is 5. The molecule has 0 spiro atoms. The molecule has 0 aromatic heterocycles. The van der Waals surface area contributed by atoms with Crippen molar-refractivity contribution in [2.24, 2.45) is 0 Å². The van der Waals surface area contributed by atoms with Crippen LogP contribution in [0, 0.1) is 0 Å². The van der Waals surface area contributed by atoms with Gasteiger partial charge in [-0.05, 0) is 63.3 Å². The van der Waals surface area contributed by atoms with Crippen molar-refractivity contribution in [1.82, 2.24) is 4.90 Å². The molecule has 5 nitrogen and oxygen atoms in total. The number of methoxy groups -OCH3 is 1. The van der Waals surface area contributed by atoms with E-state index in [9.17, 15) is 18.3 Å². The Labute approximate surface area is 169 Å². The zero-order valence-corrected chi connectivity index (χ0v) is 17.4. The van der Waals surface area contributed by atoms with Crippen molar-refractivity contribution >= 4 is 0 Å². The fourth-order valence-corrected chi connectivity index (χ4v) is 4.15. The number of aliphatic hydroxyl groups excluding tert-OH is 1. The molecule has 3 unspecified atom stereocenters. The second-order valence-electron chi connectivity index (χ2n) is 8.76. The number of fused-ring (bicyclic) bond motifs is 3. The summed E-state index contributed by atoms with van der Waals surface area (Å²) in [5.74, 6) is 0.612. The van der Waals surface area contributed by atoms with Crippen molar-refractivity contribution in [2.45, 2.75) is 70.1 Å². The third-order valence-corrected chi connectivity index (χ3v) is 5.39. The molecule has 8 heteroatoms. The SMILES string of the molecule is COc1cc2c(cc1OCC(O)C(F)(F)F)CCN1CC(OC(C)(C)C)CCC21. The first-order valence-corrected chi connectivity index (χ1v) is 9.98.